The fourth-order valence-electron chi connectivity index (χ4n) is 3.70. The van der Waals surface area contributed by atoms with E-state index in [4.69, 9.17) is 35.4 Å². The van der Waals surface area contributed by atoms with E-state index in [1.165, 1.54) is 53.4 Å². The maximum Gasteiger partial charge on any atom is 0.337 e. The van der Waals surface area contributed by atoms with E-state index in [0.29, 0.717) is 27.0 Å². The molecule has 0 saturated carbocycles. The number of carbonyl (C=O) groups excluding carboxylic acids is 4. The van der Waals surface area contributed by atoms with Crippen LogP contribution in [-0.4, -0.2) is 47.0 Å². The van der Waals surface area contributed by atoms with Crippen molar-refractivity contribution in [3.05, 3.63) is 94.0 Å². The highest BCUT2D eigenvalue weighted by Crippen LogP contribution is 2.28. The number of hydrazine groups is 1. The minimum atomic E-state index is -1.14. The number of esters is 1. The number of hydrogen-bond donors (Lipinski definition) is 2. The van der Waals surface area contributed by atoms with Crippen LogP contribution in [0.25, 0.3) is 0 Å². The van der Waals surface area contributed by atoms with Gasteiger partial charge in [0.1, 0.15) is 6.04 Å². The number of anilines is 2. The zero-order chi connectivity index (χ0) is 27.4. The Balaban J connectivity index is 1.56. The van der Waals surface area contributed by atoms with Crippen LogP contribution in [0.5, 0.6) is 0 Å². The average molecular weight is 571 g/mol. The third-order valence-electron chi connectivity index (χ3n) is 5.60. The first kappa shape index (κ1) is 27.1. The second-order valence-corrected chi connectivity index (χ2v) is 9.33. The lowest BCUT2D eigenvalue weighted by Crippen LogP contribution is -2.49. The molecule has 1 aliphatic heterocycles. The minimum Gasteiger partial charge on any atom is -0.465 e. The molecule has 1 heterocycles. The van der Waals surface area contributed by atoms with Crippen LogP contribution >= 0.6 is 35.4 Å². The van der Waals surface area contributed by atoms with Crippen molar-refractivity contribution < 1.29 is 23.9 Å². The van der Waals surface area contributed by atoms with Gasteiger partial charge in [-0.05, 0) is 85.0 Å². The summed E-state index contributed by atoms with van der Waals surface area (Å²) in [5.41, 5.74) is 4.07. The van der Waals surface area contributed by atoms with Gasteiger partial charge in [-0.25, -0.2) is 9.80 Å². The first-order valence-electron chi connectivity index (χ1n) is 11.2. The summed E-state index contributed by atoms with van der Waals surface area (Å²) in [4.78, 5) is 52.2. The minimum absolute atomic E-state index is 0.0140. The lowest BCUT2D eigenvalue weighted by atomic mass is 10.1. The lowest BCUT2D eigenvalue weighted by Gasteiger charge is -2.24. The third kappa shape index (κ3) is 5.94. The number of hydrogen-bond acceptors (Lipinski definition) is 6. The van der Waals surface area contributed by atoms with Crippen LogP contribution in [0.4, 0.5) is 11.4 Å². The van der Waals surface area contributed by atoms with Crippen molar-refractivity contribution in [1.29, 1.82) is 0 Å². The summed E-state index contributed by atoms with van der Waals surface area (Å²) in [6, 6.07) is 17.5. The Bertz CT molecular complexity index is 1400. The first-order valence-corrected chi connectivity index (χ1v) is 12.3. The molecule has 3 aromatic carbocycles. The molecule has 9 nitrogen and oxygen atoms in total. The van der Waals surface area contributed by atoms with Crippen LogP contribution in [0.1, 0.15) is 27.1 Å². The molecule has 1 aliphatic rings. The van der Waals surface area contributed by atoms with Crippen LogP contribution in [0.2, 0.25) is 10.0 Å². The lowest BCUT2D eigenvalue weighted by molar-refractivity contribution is -0.124. The van der Waals surface area contributed by atoms with Gasteiger partial charge in [-0.3, -0.25) is 24.7 Å². The highest BCUT2D eigenvalue weighted by molar-refractivity contribution is 7.80. The van der Waals surface area contributed by atoms with Gasteiger partial charge in [0.2, 0.25) is 11.0 Å². The second-order valence-electron chi connectivity index (χ2n) is 8.09. The predicted molar refractivity (Wildman–Crippen MR) is 147 cm³/mol. The summed E-state index contributed by atoms with van der Waals surface area (Å²) in [5, 5.41) is 4.79. The average Bonchev–Trinajstić information content (AvgIpc) is 3.13. The first-order chi connectivity index (χ1) is 18.2. The molecule has 0 aliphatic carbocycles. The van der Waals surface area contributed by atoms with Crippen molar-refractivity contribution in [3.8, 4) is 0 Å². The quantitative estimate of drug-likeness (QED) is 0.319. The van der Waals surface area contributed by atoms with Crippen molar-refractivity contribution in [2.45, 2.75) is 12.5 Å². The topological polar surface area (TPSA) is 108 Å². The summed E-state index contributed by atoms with van der Waals surface area (Å²) in [6.45, 7) is 0. The number of carbonyl (C=O) groups is 4. The van der Waals surface area contributed by atoms with Gasteiger partial charge in [-0.15, -0.1) is 0 Å². The van der Waals surface area contributed by atoms with Gasteiger partial charge in [0.25, 0.3) is 11.8 Å². The molecular weight excluding hydrogens is 551 g/mol. The maximum atomic E-state index is 13.5. The number of nitrogens with zero attached hydrogens (tertiary/aromatic N) is 2. The number of thiocarbonyl (C=S) groups is 1. The molecule has 1 saturated heterocycles. The highest BCUT2D eigenvalue weighted by atomic mass is 35.5. The van der Waals surface area contributed by atoms with Gasteiger partial charge >= 0.3 is 5.97 Å². The van der Waals surface area contributed by atoms with E-state index in [-0.39, 0.29) is 17.1 Å². The molecule has 1 fully saturated rings. The zero-order valence-corrected chi connectivity index (χ0v) is 22.1. The number of halogens is 2. The second kappa shape index (κ2) is 11.6. The number of nitrogens with one attached hydrogen (secondary N) is 2. The van der Waals surface area contributed by atoms with Gasteiger partial charge < -0.3 is 10.1 Å². The third-order valence-corrected chi connectivity index (χ3v) is 6.48. The molecule has 1 atom stereocenters. The number of amides is 3. The van der Waals surface area contributed by atoms with E-state index in [1.807, 2.05) is 0 Å². The Labute approximate surface area is 233 Å². The van der Waals surface area contributed by atoms with E-state index < -0.39 is 29.7 Å². The fourth-order valence-corrected chi connectivity index (χ4v) is 4.32. The standard InChI is InChI=1S/C26H20Cl2N4O5S/c1-37-25(36)16-4-10-19(11-5-16)29-22(33)14-21-24(35)31(20-12-8-18(28)9-13-20)26(38)32(21)30-23(34)15-2-6-17(27)7-3-15/h2-13,21H,14H2,1H3,(H,29,33)(H,30,34). The molecule has 194 valence electrons. The summed E-state index contributed by atoms with van der Waals surface area (Å²) in [7, 11) is 1.27. The Morgan fingerprint density at radius 3 is 2.03 bits per heavy atom. The van der Waals surface area contributed by atoms with Gasteiger partial charge in [0, 0.05) is 21.3 Å². The molecule has 3 aromatic rings. The van der Waals surface area contributed by atoms with E-state index in [2.05, 4.69) is 15.5 Å². The zero-order valence-electron chi connectivity index (χ0n) is 19.8. The number of ether oxygens (including phenoxy) is 1. The Hall–Kier alpha value is -3.99. The van der Waals surface area contributed by atoms with Crippen LogP contribution in [-0.2, 0) is 14.3 Å². The number of methoxy groups -OCH3 is 1. The molecule has 3 amide bonds. The van der Waals surface area contributed by atoms with Crippen LogP contribution in [0.15, 0.2) is 72.8 Å². The SMILES string of the molecule is COC(=O)c1ccc(NC(=O)CC2C(=O)N(c3ccc(Cl)cc3)C(=S)N2NC(=O)c2ccc(Cl)cc2)cc1. The maximum absolute atomic E-state index is 13.5. The Morgan fingerprint density at radius 1 is 0.895 bits per heavy atom. The van der Waals surface area contributed by atoms with Crippen molar-refractivity contribution in [3.63, 3.8) is 0 Å². The molecule has 12 heteroatoms. The molecule has 0 aromatic heterocycles. The van der Waals surface area contributed by atoms with E-state index in [1.54, 1.807) is 36.4 Å². The van der Waals surface area contributed by atoms with Gasteiger partial charge in [-0.2, -0.15) is 0 Å². The largest absolute Gasteiger partial charge is 0.465 e. The molecule has 0 spiro atoms. The molecule has 0 bridgehead atoms. The van der Waals surface area contributed by atoms with Crippen LogP contribution < -0.4 is 15.6 Å². The van der Waals surface area contributed by atoms with Crippen LogP contribution in [0.3, 0.4) is 0 Å². The highest BCUT2D eigenvalue weighted by Gasteiger charge is 2.45. The van der Waals surface area contributed by atoms with E-state index in [9.17, 15) is 19.2 Å². The van der Waals surface area contributed by atoms with Gasteiger partial charge in [0.15, 0.2) is 0 Å². The normalized spacial score (nSPS) is 14.9. The van der Waals surface area contributed by atoms with E-state index >= 15 is 0 Å². The molecular formula is C26H20Cl2N4O5S. The molecule has 1 unspecified atom stereocenters. The smallest absolute Gasteiger partial charge is 0.337 e. The van der Waals surface area contributed by atoms with E-state index in [0.717, 1.165) is 0 Å². The van der Waals surface area contributed by atoms with Gasteiger partial charge in [-0.1, -0.05) is 23.2 Å². The Morgan fingerprint density at radius 2 is 1.45 bits per heavy atom. The molecule has 2 N–H and O–H groups in total. The molecule has 0 radical (unpaired) electrons. The monoisotopic (exact) mass is 570 g/mol. The van der Waals surface area contributed by atoms with Crippen molar-refractivity contribution in [1.82, 2.24) is 10.4 Å². The van der Waals surface area contributed by atoms with Crippen LogP contribution in [0, 0.1) is 0 Å². The van der Waals surface area contributed by atoms with Gasteiger partial charge in [0.05, 0.1) is 24.8 Å². The van der Waals surface area contributed by atoms with Crippen molar-refractivity contribution >= 4 is 75.6 Å². The molecule has 4 rings (SSSR count). The number of benzene rings is 3. The van der Waals surface area contributed by atoms with Crippen molar-refractivity contribution in [2.75, 3.05) is 17.3 Å². The fraction of sp³-hybridized carbons (Fsp3) is 0.115. The Kier molecular flexibility index (Phi) is 8.26. The summed E-state index contributed by atoms with van der Waals surface area (Å²) >= 11 is 17.4. The summed E-state index contributed by atoms with van der Waals surface area (Å²) < 4.78 is 4.67. The summed E-state index contributed by atoms with van der Waals surface area (Å²) in [5.74, 6) is -2.08. The molecule has 38 heavy (non-hydrogen) atoms. The number of rotatable bonds is 7. The predicted octanol–water partition coefficient (Wildman–Crippen LogP) is 4.46. The summed E-state index contributed by atoms with van der Waals surface area (Å²) in [6.07, 6.45) is -0.331. The van der Waals surface area contributed by atoms with Crippen molar-refractivity contribution in [2.24, 2.45) is 0 Å².